The lowest BCUT2D eigenvalue weighted by atomic mass is 10.4. The summed E-state index contributed by atoms with van der Waals surface area (Å²) in [7, 11) is 0. The molecule has 1 aromatic heterocycles. The van der Waals surface area contributed by atoms with Crippen molar-refractivity contribution < 1.29 is 9.90 Å². The highest BCUT2D eigenvalue weighted by Gasteiger charge is 2.05. The van der Waals surface area contributed by atoms with Gasteiger partial charge < -0.3 is 10.4 Å². The Balaban J connectivity index is 2.43. The van der Waals surface area contributed by atoms with E-state index in [0.29, 0.717) is 5.69 Å². The van der Waals surface area contributed by atoms with Gasteiger partial charge in [0.25, 0.3) is 5.91 Å². The van der Waals surface area contributed by atoms with Crippen molar-refractivity contribution in [2.45, 2.75) is 0 Å². The molecule has 0 fully saturated rings. The van der Waals surface area contributed by atoms with Crippen molar-refractivity contribution in [1.29, 1.82) is 0 Å². The Bertz CT molecular complexity index is 224. The molecule has 5 nitrogen and oxygen atoms in total. The van der Waals surface area contributed by atoms with Gasteiger partial charge in [0.2, 0.25) is 0 Å². The summed E-state index contributed by atoms with van der Waals surface area (Å²) in [5, 5.41) is 10.8. The monoisotopic (exact) mass is 173 g/mol. The number of rotatable bonds is 3. The van der Waals surface area contributed by atoms with Crippen LogP contribution in [-0.2, 0) is 0 Å². The topological polar surface area (TPSA) is 75.1 Å². The molecular formula is C5H7N3O2S. The summed E-state index contributed by atoms with van der Waals surface area (Å²) in [6.45, 7) is 0.180. The molecule has 1 aromatic rings. The molecule has 0 bridgehead atoms. The molecule has 0 aliphatic rings. The molecule has 11 heavy (non-hydrogen) atoms. The Morgan fingerprint density at radius 3 is 3.18 bits per heavy atom. The number of aliphatic hydroxyl groups excluding tert-OH is 1. The van der Waals surface area contributed by atoms with Crippen LogP contribution in [0.2, 0.25) is 0 Å². The van der Waals surface area contributed by atoms with Gasteiger partial charge in [-0.15, -0.1) is 0 Å². The smallest absolute Gasteiger partial charge is 0.272 e. The van der Waals surface area contributed by atoms with Gasteiger partial charge in [-0.2, -0.15) is 8.75 Å². The molecule has 0 aromatic carbocycles. The van der Waals surface area contributed by atoms with E-state index in [1.54, 1.807) is 0 Å². The van der Waals surface area contributed by atoms with Crippen LogP contribution in [0.15, 0.2) is 6.20 Å². The van der Waals surface area contributed by atoms with E-state index in [-0.39, 0.29) is 19.1 Å². The maximum Gasteiger partial charge on any atom is 0.272 e. The molecule has 0 atom stereocenters. The van der Waals surface area contributed by atoms with Crippen LogP contribution >= 0.6 is 11.7 Å². The normalized spacial score (nSPS) is 9.55. The fourth-order valence-corrected chi connectivity index (χ4v) is 0.937. The molecular weight excluding hydrogens is 166 g/mol. The predicted octanol–water partition coefficient (Wildman–Crippen LogP) is -0.740. The van der Waals surface area contributed by atoms with E-state index < -0.39 is 0 Å². The van der Waals surface area contributed by atoms with Crippen LogP contribution in [0.3, 0.4) is 0 Å². The quantitative estimate of drug-likeness (QED) is 0.631. The number of amides is 1. The number of nitrogens with zero attached hydrogens (tertiary/aromatic N) is 2. The second-order valence-corrected chi connectivity index (χ2v) is 2.33. The van der Waals surface area contributed by atoms with Gasteiger partial charge in [-0.25, -0.2) is 0 Å². The molecule has 1 amide bonds. The zero-order valence-corrected chi connectivity index (χ0v) is 6.47. The third-order valence-electron chi connectivity index (χ3n) is 0.991. The summed E-state index contributed by atoms with van der Waals surface area (Å²) in [4.78, 5) is 10.9. The van der Waals surface area contributed by atoms with E-state index in [4.69, 9.17) is 5.11 Å². The van der Waals surface area contributed by atoms with Gasteiger partial charge in [0.15, 0.2) is 5.69 Å². The number of hydrogen-bond donors (Lipinski definition) is 2. The molecule has 2 N–H and O–H groups in total. The van der Waals surface area contributed by atoms with Gasteiger partial charge in [0.1, 0.15) is 0 Å². The van der Waals surface area contributed by atoms with Crippen molar-refractivity contribution in [2.75, 3.05) is 13.2 Å². The van der Waals surface area contributed by atoms with Crippen molar-refractivity contribution in [2.24, 2.45) is 0 Å². The maximum atomic E-state index is 10.9. The number of aromatic nitrogens is 2. The van der Waals surface area contributed by atoms with Gasteiger partial charge in [-0.3, -0.25) is 4.79 Å². The van der Waals surface area contributed by atoms with Crippen LogP contribution in [0, 0.1) is 0 Å². The minimum atomic E-state index is -0.298. The van der Waals surface area contributed by atoms with E-state index in [9.17, 15) is 4.79 Å². The molecule has 0 saturated carbocycles. The van der Waals surface area contributed by atoms with Crippen LogP contribution in [0.25, 0.3) is 0 Å². The first kappa shape index (κ1) is 8.09. The summed E-state index contributed by atoms with van der Waals surface area (Å²) < 4.78 is 7.36. The second-order valence-electron chi connectivity index (χ2n) is 1.77. The van der Waals surface area contributed by atoms with Gasteiger partial charge in [0.05, 0.1) is 24.5 Å². The Kier molecular flexibility index (Phi) is 2.94. The largest absolute Gasteiger partial charge is 0.395 e. The van der Waals surface area contributed by atoms with Crippen LogP contribution < -0.4 is 5.32 Å². The van der Waals surface area contributed by atoms with Crippen molar-refractivity contribution in [3.63, 3.8) is 0 Å². The van der Waals surface area contributed by atoms with Crippen LogP contribution in [0.4, 0.5) is 0 Å². The van der Waals surface area contributed by atoms with E-state index in [1.165, 1.54) is 6.20 Å². The van der Waals surface area contributed by atoms with Crippen LogP contribution in [0.5, 0.6) is 0 Å². The first-order valence-electron chi connectivity index (χ1n) is 3.01. The van der Waals surface area contributed by atoms with Gasteiger partial charge in [-0.05, 0) is 0 Å². The van der Waals surface area contributed by atoms with Crippen molar-refractivity contribution >= 4 is 17.6 Å². The minimum absolute atomic E-state index is 0.0662. The highest BCUT2D eigenvalue weighted by molar-refractivity contribution is 6.99. The standard InChI is InChI=1S/C5H7N3O2S/c9-2-1-6-5(10)4-3-7-11-8-4/h3,9H,1-2H2,(H,6,10). The molecule has 1 heterocycles. The van der Waals surface area contributed by atoms with E-state index >= 15 is 0 Å². The average molecular weight is 173 g/mol. The van der Waals surface area contributed by atoms with E-state index in [0.717, 1.165) is 11.7 Å². The van der Waals surface area contributed by atoms with Crippen LogP contribution in [0.1, 0.15) is 10.5 Å². The summed E-state index contributed by atoms with van der Waals surface area (Å²) in [5.41, 5.74) is 0.295. The molecule has 60 valence electrons. The maximum absolute atomic E-state index is 10.9. The molecule has 1 rings (SSSR count). The summed E-state index contributed by atoms with van der Waals surface area (Å²) in [6, 6.07) is 0. The highest BCUT2D eigenvalue weighted by atomic mass is 32.1. The molecule has 6 heteroatoms. The molecule has 0 saturated heterocycles. The van der Waals surface area contributed by atoms with Gasteiger partial charge in [0, 0.05) is 6.54 Å². The van der Waals surface area contributed by atoms with Gasteiger partial charge in [-0.1, -0.05) is 0 Å². The highest BCUT2D eigenvalue weighted by Crippen LogP contribution is 1.93. The molecule has 0 unspecified atom stereocenters. The lowest BCUT2D eigenvalue weighted by Gasteiger charge is -1.96. The Hall–Kier alpha value is -1.01. The minimum Gasteiger partial charge on any atom is -0.395 e. The third-order valence-corrected chi connectivity index (χ3v) is 1.47. The van der Waals surface area contributed by atoms with E-state index in [2.05, 4.69) is 14.1 Å². The average Bonchev–Trinajstić information content (AvgIpc) is 2.52. The lowest BCUT2D eigenvalue weighted by Crippen LogP contribution is -2.26. The van der Waals surface area contributed by atoms with E-state index in [1.807, 2.05) is 0 Å². The number of aliphatic hydroxyl groups is 1. The Morgan fingerprint density at radius 1 is 1.82 bits per heavy atom. The van der Waals surface area contributed by atoms with Crippen molar-refractivity contribution in [3.8, 4) is 0 Å². The second kappa shape index (κ2) is 3.99. The van der Waals surface area contributed by atoms with Crippen LogP contribution in [-0.4, -0.2) is 32.9 Å². The Labute approximate surface area is 67.4 Å². The first-order chi connectivity index (χ1) is 5.34. The zero-order valence-electron chi connectivity index (χ0n) is 5.65. The summed E-state index contributed by atoms with van der Waals surface area (Å²) in [5.74, 6) is -0.298. The number of carbonyl (C=O) groups is 1. The summed E-state index contributed by atoms with van der Waals surface area (Å²) >= 11 is 0.978. The molecule has 0 spiro atoms. The van der Waals surface area contributed by atoms with Gasteiger partial charge >= 0.3 is 0 Å². The molecule has 0 radical (unpaired) electrons. The fraction of sp³-hybridized carbons (Fsp3) is 0.400. The number of hydrogen-bond acceptors (Lipinski definition) is 5. The van der Waals surface area contributed by atoms with Crippen molar-refractivity contribution in [1.82, 2.24) is 14.1 Å². The molecule has 0 aliphatic carbocycles. The number of carbonyl (C=O) groups excluding carboxylic acids is 1. The fourth-order valence-electron chi connectivity index (χ4n) is 0.525. The SMILES string of the molecule is O=C(NCCO)c1cnsn1. The first-order valence-corrected chi connectivity index (χ1v) is 3.74. The molecule has 0 aliphatic heterocycles. The zero-order chi connectivity index (χ0) is 8.10. The van der Waals surface area contributed by atoms with Crippen molar-refractivity contribution in [3.05, 3.63) is 11.9 Å². The number of nitrogens with one attached hydrogen (secondary N) is 1. The summed E-state index contributed by atoms with van der Waals surface area (Å²) in [6.07, 6.45) is 1.39. The third kappa shape index (κ3) is 2.24. The lowest BCUT2D eigenvalue weighted by molar-refractivity contribution is 0.0940. The predicted molar refractivity (Wildman–Crippen MR) is 39.3 cm³/mol. The Morgan fingerprint density at radius 2 is 2.64 bits per heavy atom.